The maximum absolute atomic E-state index is 10.7. The summed E-state index contributed by atoms with van der Waals surface area (Å²) < 4.78 is 0. The molecule has 0 spiro atoms. The van der Waals surface area contributed by atoms with Crippen LogP contribution in [0, 0.1) is 0 Å². The van der Waals surface area contributed by atoms with Crippen LogP contribution in [0.3, 0.4) is 0 Å². The van der Waals surface area contributed by atoms with E-state index in [1.807, 2.05) is 0 Å². The van der Waals surface area contributed by atoms with Crippen molar-refractivity contribution in [3.63, 3.8) is 0 Å². The van der Waals surface area contributed by atoms with Gasteiger partial charge in [0.05, 0.1) is 17.5 Å². The summed E-state index contributed by atoms with van der Waals surface area (Å²) in [7, 11) is 0. The molecule has 0 aliphatic rings. The van der Waals surface area contributed by atoms with E-state index in [1.165, 1.54) is 42.5 Å². The van der Waals surface area contributed by atoms with Crippen LogP contribution in [-0.4, -0.2) is 23.0 Å². The van der Waals surface area contributed by atoms with Crippen molar-refractivity contribution in [3.05, 3.63) is 65.2 Å². The van der Waals surface area contributed by atoms with Crippen LogP contribution in [-0.2, 0) is 0 Å². The molecule has 0 radical (unpaired) electrons. The van der Waals surface area contributed by atoms with Crippen LogP contribution in [0.25, 0.3) is 0 Å². The SMILES string of the molecule is O=C(O)c1ccccc1[O-].O=C([O-])c1cccc(C(=O)[O-])c1. The lowest BCUT2D eigenvalue weighted by Gasteiger charge is -2.07. The first kappa shape index (κ1) is 16.7. The molecule has 0 aliphatic carbocycles. The second kappa shape index (κ2) is 7.44. The Kier molecular flexibility index (Phi) is 5.65. The normalized spacial score (nSPS) is 9.27. The van der Waals surface area contributed by atoms with E-state index in [9.17, 15) is 29.7 Å². The summed E-state index contributed by atoms with van der Waals surface area (Å²) in [5, 5.41) is 39.5. The minimum Gasteiger partial charge on any atom is -0.872 e. The molecule has 114 valence electrons. The van der Waals surface area contributed by atoms with Gasteiger partial charge in [0.15, 0.2) is 0 Å². The van der Waals surface area contributed by atoms with E-state index in [4.69, 9.17) is 5.11 Å². The van der Waals surface area contributed by atoms with Crippen LogP contribution in [0.15, 0.2) is 48.5 Å². The number of para-hydroxylation sites is 1. The molecule has 7 heteroatoms. The number of carboxylic acid groups (broad SMARTS) is 3. The van der Waals surface area contributed by atoms with Crippen LogP contribution in [0.5, 0.6) is 5.75 Å². The number of rotatable bonds is 3. The van der Waals surface area contributed by atoms with Gasteiger partial charge in [0, 0.05) is 0 Å². The summed E-state index contributed by atoms with van der Waals surface area (Å²) in [6.45, 7) is 0. The van der Waals surface area contributed by atoms with Crippen molar-refractivity contribution in [2.24, 2.45) is 0 Å². The zero-order chi connectivity index (χ0) is 16.7. The highest BCUT2D eigenvalue weighted by molar-refractivity contribution is 5.92. The van der Waals surface area contributed by atoms with Crippen molar-refractivity contribution < 1.29 is 34.8 Å². The maximum Gasteiger partial charge on any atom is 0.335 e. The zero-order valence-corrected chi connectivity index (χ0v) is 11.0. The van der Waals surface area contributed by atoms with Gasteiger partial charge < -0.3 is 30.0 Å². The molecule has 7 nitrogen and oxygen atoms in total. The van der Waals surface area contributed by atoms with Crippen molar-refractivity contribution >= 4 is 17.9 Å². The van der Waals surface area contributed by atoms with E-state index in [0.29, 0.717) is 0 Å². The Morgan fingerprint density at radius 3 is 1.68 bits per heavy atom. The highest BCUT2D eigenvalue weighted by Crippen LogP contribution is 2.10. The summed E-state index contributed by atoms with van der Waals surface area (Å²) in [5.41, 5.74) is -0.518. The summed E-state index contributed by atoms with van der Waals surface area (Å²) in [4.78, 5) is 30.7. The Morgan fingerprint density at radius 1 is 0.818 bits per heavy atom. The number of carboxylic acids is 3. The Morgan fingerprint density at radius 2 is 1.32 bits per heavy atom. The van der Waals surface area contributed by atoms with E-state index in [0.717, 1.165) is 6.07 Å². The van der Waals surface area contributed by atoms with E-state index >= 15 is 0 Å². The summed E-state index contributed by atoms with van der Waals surface area (Å²) in [5.74, 6) is -4.43. The minimum absolute atomic E-state index is 0.170. The van der Waals surface area contributed by atoms with Gasteiger partial charge in [-0.15, -0.1) is 0 Å². The van der Waals surface area contributed by atoms with Crippen LogP contribution < -0.4 is 15.3 Å². The largest absolute Gasteiger partial charge is 0.872 e. The van der Waals surface area contributed by atoms with Gasteiger partial charge in [-0.3, -0.25) is 0 Å². The monoisotopic (exact) mass is 301 g/mol. The molecule has 0 unspecified atom stereocenters. The molecule has 2 aromatic rings. The quantitative estimate of drug-likeness (QED) is 0.756. The fourth-order valence-electron chi connectivity index (χ4n) is 1.42. The maximum atomic E-state index is 10.7. The molecule has 0 saturated carbocycles. The van der Waals surface area contributed by atoms with Crippen molar-refractivity contribution in [2.45, 2.75) is 0 Å². The fourth-order valence-corrected chi connectivity index (χ4v) is 1.42. The average molecular weight is 301 g/mol. The van der Waals surface area contributed by atoms with Gasteiger partial charge in [-0.1, -0.05) is 42.1 Å². The number of benzene rings is 2. The van der Waals surface area contributed by atoms with Crippen LogP contribution in [0.4, 0.5) is 0 Å². The Labute approximate surface area is 124 Å². The number of hydrogen-bond donors (Lipinski definition) is 1. The van der Waals surface area contributed by atoms with Gasteiger partial charge in [0.25, 0.3) is 0 Å². The Balaban J connectivity index is 0.000000224. The topological polar surface area (TPSA) is 141 Å². The lowest BCUT2D eigenvalue weighted by atomic mass is 10.1. The van der Waals surface area contributed by atoms with Gasteiger partial charge >= 0.3 is 5.97 Å². The lowest BCUT2D eigenvalue weighted by molar-refractivity contribution is -0.268. The molecule has 0 bridgehead atoms. The zero-order valence-electron chi connectivity index (χ0n) is 11.0. The number of aromatic carboxylic acids is 3. The molecule has 0 heterocycles. The summed E-state index contributed by atoms with van der Waals surface area (Å²) in [6.07, 6.45) is 0. The average Bonchev–Trinajstić information content (AvgIpc) is 2.48. The molecule has 2 rings (SSSR count). The van der Waals surface area contributed by atoms with Crippen molar-refractivity contribution in [2.75, 3.05) is 0 Å². The van der Waals surface area contributed by atoms with E-state index in [-0.39, 0.29) is 16.7 Å². The predicted octanol–water partition coefficient (Wildman–Crippen LogP) is -1.13. The number of carbonyl (C=O) groups excluding carboxylic acids is 2. The van der Waals surface area contributed by atoms with Gasteiger partial charge in [-0.25, -0.2) is 4.79 Å². The fraction of sp³-hybridized carbons (Fsp3) is 0. The highest BCUT2D eigenvalue weighted by Gasteiger charge is 1.99. The standard InChI is InChI=1S/C8H6O4.C7H6O3/c9-7(10)5-2-1-3-6(4-5)8(11)12;8-6-4-2-1-3-5(6)7(9)10/h1-4H,(H,9,10)(H,11,12);1-4,8H,(H,9,10)/p-3. The molecule has 0 amide bonds. The van der Waals surface area contributed by atoms with Crippen LogP contribution >= 0.6 is 0 Å². The first-order valence-corrected chi connectivity index (χ1v) is 5.85. The third-order valence-electron chi connectivity index (χ3n) is 2.45. The molecular weight excluding hydrogens is 292 g/mol. The molecule has 2 aromatic carbocycles. The van der Waals surface area contributed by atoms with E-state index in [1.54, 1.807) is 0 Å². The predicted molar refractivity (Wildman–Crippen MR) is 68.0 cm³/mol. The second-order valence-electron chi connectivity index (χ2n) is 3.96. The minimum atomic E-state index is -1.40. The molecule has 0 aliphatic heterocycles. The Hall–Kier alpha value is -3.35. The number of hydrogen-bond acceptors (Lipinski definition) is 6. The summed E-state index contributed by atoms with van der Waals surface area (Å²) >= 11 is 0. The molecular formula is C15H9O7-3. The molecule has 0 saturated heterocycles. The van der Waals surface area contributed by atoms with Crippen molar-refractivity contribution in [1.29, 1.82) is 0 Å². The van der Waals surface area contributed by atoms with Crippen molar-refractivity contribution in [3.8, 4) is 5.75 Å². The lowest BCUT2D eigenvalue weighted by Crippen LogP contribution is -2.25. The number of carbonyl (C=O) groups is 3. The van der Waals surface area contributed by atoms with Crippen LogP contribution in [0.1, 0.15) is 31.1 Å². The highest BCUT2D eigenvalue weighted by atomic mass is 16.4. The smallest absolute Gasteiger partial charge is 0.335 e. The van der Waals surface area contributed by atoms with E-state index < -0.39 is 23.7 Å². The van der Waals surface area contributed by atoms with Crippen molar-refractivity contribution in [1.82, 2.24) is 0 Å². The van der Waals surface area contributed by atoms with Gasteiger partial charge in [-0.05, 0) is 23.3 Å². The third-order valence-corrected chi connectivity index (χ3v) is 2.45. The molecule has 0 aromatic heterocycles. The third kappa shape index (κ3) is 4.64. The van der Waals surface area contributed by atoms with Gasteiger partial charge in [-0.2, -0.15) is 0 Å². The second-order valence-corrected chi connectivity index (χ2v) is 3.96. The first-order chi connectivity index (χ1) is 10.3. The molecule has 22 heavy (non-hydrogen) atoms. The first-order valence-electron chi connectivity index (χ1n) is 5.85. The van der Waals surface area contributed by atoms with Crippen LogP contribution in [0.2, 0.25) is 0 Å². The van der Waals surface area contributed by atoms with Gasteiger partial charge in [0.2, 0.25) is 0 Å². The Bertz CT molecular complexity index is 677. The summed E-state index contributed by atoms with van der Waals surface area (Å²) in [6, 6.07) is 10.3. The molecule has 0 atom stereocenters. The van der Waals surface area contributed by atoms with Gasteiger partial charge in [0.1, 0.15) is 0 Å². The molecule has 0 fully saturated rings. The molecule has 1 N–H and O–H groups in total. The van der Waals surface area contributed by atoms with E-state index in [2.05, 4.69) is 0 Å².